The first kappa shape index (κ1) is 17.5. The second-order valence-corrected chi connectivity index (χ2v) is 4.84. The third-order valence-corrected chi connectivity index (χ3v) is 2.89. The van der Waals surface area contributed by atoms with E-state index in [4.69, 9.17) is 0 Å². The van der Waals surface area contributed by atoms with Gasteiger partial charge in [0.15, 0.2) is 0 Å². The van der Waals surface area contributed by atoms with Crippen molar-refractivity contribution in [3.8, 4) is 0 Å². The number of benzene rings is 1. The largest absolute Gasteiger partial charge is 0.468 e. The van der Waals surface area contributed by atoms with Crippen LogP contribution in [0.5, 0.6) is 0 Å². The molecule has 21 heavy (non-hydrogen) atoms. The molecular weight excluding hydrogens is 285 g/mol. The van der Waals surface area contributed by atoms with Crippen molar-refractivity contribution >= 4 is 5.97 Å². The number of hydrogen-bond donors (Lipinski definition) is 1. The summed E-state index contributed by atoms with van der Waals surface area (Å²) in [6.07, 6.45) is -4.44. The number of hydrogen-bond acceptors (Lipinski definition) is 4. The number of likely N-dealkylation sites (N-methyl/N-ethyl adjacent to an activating group) is 1. The van der Waals surface area contributed by atoms with Gasteiger partial charge in [-0.15, -0.1) is 0 Å². The molecule has 0 spiro atoms. The van der Waals surface area contributed by atoms with Crippen LogP contribution in [0.25, 0.3) is 0 Å². The number of nitrogens with one attached hydrogen (secondary N) is 1. The molecule has 0 saturated carbocycles. The van der Waals surface area contributed by atoms with Gasteiger partial charge in [0.25, 0.3) is 0 Å². The third kappa shape index (κ3) is 5.35. The van der Waals surface area contributed by atoms with Crippen LogP contribution in [0.4, 0.5) is 13.2 Å². The molecule has 1 atom stereocenters. The summed E-state index contributed by atoms with van der Waals surface area (Å²) in [6.45, 7) is 1.09. The fourth-order valence-electron chi connectivity index (χ4n) is 1.78. The molecule has 0 heterocycles. The van der Waals surface area contributed by atoms with Gasteiger partial charge in [0, 0.05) is 13.1 Å². The topological polar surface area (TPSA) is 41.6 Å². The molecule has 0 radical (unpaired) electrons. The maximum atomic E-state index is 12.7. The van der Waals surface area contributed by atoms with Gasteiger partial charge < -0.3 is 9.64 Å². The summed E-state index contributed by atoms with van der Waals surface area (Å²) in [6, 6.07) is 3.76. The molecular formula is C14H19F3N2O2. The lowest BCUT2D eigenvalue weighted by Crippen LogP contribution is -2.34. The third-order valence-electron chi connectivity index (χ3n) is 2.89. The van der Waals surface area contributed by atoms with Crippen molar-refractivity contribution in [3.63, 3.8) is 0 Å². The van der Waals surface area contributed by atoms with Crippen LogP contribution in [0.15, 0.2) is 24.3 Å². The summed E-state index contributed by atoms with van der Waals surface area (Å²) >= 11 is 0. The first-order valence-electron chi connectivity index (χ1n) is 6.39. The number of ether oxygens (including phenoxy) is 1. The number of esters is 1. The zero-order valence-corrected chi connectivity index (χ0v) is 12.2. The first-order valence-corrected chi connectivity index (χ1v) is 6.39. The van der Waals surface area contributed by atoms with Gasteiger partial charge in [-0.2, -0.15) is 13.2 Å². The normalized spacial score (nSPS) is 13.3. The van der Waals surface area contributed by atoms with Gasteiger partial charge in [-0.05, 0) is 31.8 Å². The van der Waals surface area contributed by atoms with Crippen LogP contribution < -0.4 is 5.32 Å². The minimum Gasteiger partial charge on any atom is -0.468 e. The van der Waals surface area contributed by atoms with Crippen molar-refractivity contribution < 1.29 is 22.7 Å². The molecule has 118 valence electrons. The van der Waals surface area contributed by atoms with Gasteiger partial charge in [-0.25, -0.2) is 4.79 Å². The number of alkyl halides is 3. The van der Waals surface area contributed by atoms with Crippen molar-refractivity contribution in [2.24, 2.45) is 0 Å². The molecule has 0 aliphatic heterocycles. The molecule has 0 saturated heterocycles. The minimum atomic E-state index is -4.44. The number of methoxy groups -OCH3 is 1. The van der Waals surface area contributed by atoms with E-state index < -0.39 is 23.8 Å². The number of halogens is 3. The molecule has 4 nitrogen and oxygen atoms in total. The molecule has 0 aliphatic carbocycles. The van der Waals surface area contributed by atoms with E-state index in [1.165, 1.54) is 19.2 Å². The molecule has 0 amide bonds. The van der Waals surface area contributed by atoms with Crippen LogP contribution in [-0.4, -0.2) is 45.2 Å². The van der Waals surface area contributed by atoms with Gasteiger partial charge in [0.1, 0.15) is 6.04 Å². The lowest BCUT2D eigenvalue weighted by atomic mass is 10.0. The molecule has 0 bridgehead atoms. The Hall–Kier alpha value is -1.60. The summed E-state index contributed by atoms with van der Waals surface area (Å²) in [4.78, 5) is 13.7. The smallest absolute Gasteiger partial charge is 0.416 e. The van der Waals surface area contributed by atoms with E-state index in [0.717, 1.165) is 12.1 Å². The monoisotopic (exact) mass is 304 g/mol. The predicted molar refractivity (Wildman–Crippen MR) is 72.8 cm³/mol. The Balaban J connectivity index is 2.95. The van der Waals surface area contributed by atoms with Crippen molar-refractivity contribution in [3.05, 3.63) is 35.4 Å². The highest BCUT2D eigenvalue weighted by atomic mass is 19.4. The van der Waals surface area contributed by atoms with Gasteiger partial charge in [-0.1, -0.05) is 12.1 Å². The number of rotatable bonds is 6. The highest BCUT2D eigenvalue weighted by Gasteiger charge is 2.32. The van der Waals surface area contributed by atoms with Crippen molar-refractivity contribution in [1.29, 1.82) is 0 Å². The van der Waals surface area contributed by atoms with Crippen LogP contribution in [0.3, 0.4) is 0 Å². The molecule has 0 aromatic heterocycles. The highest BCUT2D eigenvalue weighted by Crippen LogP contribution is 2.30. The van der Waals surface area contributed by atoms with E-state index in [0.29, 0.717) is 13.1 Å². The molecule has 1 unspecified atom stereocenters. The number of carbonyl (C=O) groups excluding carboxylic acids is 1. The molecule has 1 N–H and O–H groups in total. The SMILES string of the molecule is COC(=O)C(NCCN(C)C)c1cccc(C(F)(F)F)c1. The molecule has 1 rings (SSSR count). The molecule has 1 aromatic carbocycles. The predicted octanol–water partition coefficient (Wildman–Crippen LogP) is 2.07. The molecule has 7 heteroatoms. The van der Waals surface area contributed by atoms with Crippen molar-refractivity contribution in [1.82, 2.24) is 10.2 Å². The lowest BCUT2D eigenvalue weighted by molar-refractivity contribution is -0.143. The average Bonchev–Trinajstić information content (AvgIpc) is 2.42. The standard InChI is InChI=1S/C14H19F3N2O2/c1-19(2)8-7-18-12(13(20)21-3)10-5-4-6-11(9-10)14(15,16)17/h4-6,9,12,18H,7-8H2,1-3H3. The van der Waals surface area contributed by atoms with E-state index in [1.807, 2.05) is 19.0 Å². The molecule has 1 aromatic rings. The van der Waals surface area contributed by atoms with Crippen LogP contribution in [0, 0.1) is 0 Å². The summed E-state index contributed by atoms with van der Waals surface area (Å²) in [5, 5.41) is 2.91. The van der Waals surface area contributed by atoms with Gasteiger partial charge in [-0.3, -0.25) is 5.32 Å². The first-order chi connectivity index (χ1) is 9.75. The van der Waals surface area contributed by atoms with Crippen LogP contribution in [-0.2, 0) is 15.7 Å². The Morgan fingerprint density at radius 2 is 2.05 bits per heavy atom. The second kappa shape index (κ2) is 7.42. The summed E-state index contributed by atoms with van der Waals surface area (Å²) < 4.78 is 42.8. The van der Waals surface area contributed by atoms with Crippen LogP contribution >= 0.6 is 0 Å². The maximum Gasteiger partial charge on any atom is 0.416 e. The lowest BCUT2D eigenvalue weighted by Gasteiger charge is -2.19. The maximum absolute atomic E-state index is 12.7. The van der Waals surface area contributed by atoms with Gasteiger partial charge in [0.05, 0.1) is 12.7 Å². The fourth-order valence-corrected chi connectivity index (χ4v) is 1.78. The van der Waals surface area contributed by atoms with Crippen molar-refractivity contribution in [2.45, 2.75) is 12.2 Å². The number of carbonyl (C=O) groups is 1. The van der Waals surface area contributed by atoms with E-state index in [9.17, 15) is 18.0 Å². The van der Waals surface area contributed by atoms with E-state index >= 15 is 0 Å². The van der Waals surface area contributed by atoms with E-state index in [1.54, 1.807) is 0 Å². The Morgan fingerprint density at radius 3 is 2.57 bits per heavy atom. The minimum absolute atomic E-state index is 0.232. The van der Waals surface area contributed by atoms with Crippen molar-refractivity contribution in [2.75, 3.05) is 34.3 Å². The fraction of sp³-hybridized carbons (Fsp3) is 0.500. The zero-order valence-electron chi connectivity index (χ0n) is 12.2. The van der Waals surface area contributed by atoms with Crippen LogP contribution in [0.2, 0.25) is 0 Å². The summed E-state index contributed by atoms with van der Waals surface area (Å²) in [5.74, 6) is -0.618. The quantitative estimate of drug-likeness (QED) is 0.817. The Bertz CT molecular complexity index is 476. The molecule has 0 fully saturated rings. The summed E-state index contributed by atoms with van der Waals surface area (Å²) in [5.41, 5.74) is -0.557. The van der Waals surface area contributed by atoms with Crippen LogP contribution in [0.1, 0.15) is 17.2 Å². The Kier molecular flexibility index (Phi) is 6.17. The Morgan fingerprint density at radius 1 is 1.38 bits per heavy atom. The number of nitrogens with zero attached hydrogens (tertiary/aromatic N) is 1. The molecule has 0 aliphatic rings. The summed E-state index contributed by atoms with van der Waals surface area (Å²) in [7, 11) is 4.93. The second-order valence-electron chi connectivity index (χ2n) is 4.84. The van der Waals surface area contributed by atoms with Gasteiger partial charge >= 0.3 is 12.1 Å². The van der Waals surface area contributed by atoms with E-state index in [-0.39, 0.29) is 5.56 Å². The highest BCUT2D eigenvalue weighted by molar-refractivity contribution is 5.77. The van der Waals surface area contributed by atoms with E-state index in [2.05, 4.69) is 10.1 Å². The van der Waals surface area contributed by atoms with Gasteiger partial charge in [0.2, 0.25) is 0 Å². The zero-order chi connectivity index (χ0) is 16.0. The Labute approximate surface area is 121 Å². The average molecular weight is 304 g/mol.